The Balaban J connectivity index is 1.72. The van der Waals surface area contributed by atoms with Crippen molar-refractivity contribution in [2.75, 3.05) is 0 Å². The summed E-state index contributed by atoms with van der Waals surface area (Å²) in [4.78, 5) is 4.32. The van der Waals surface area contributed by atoms with Crippen molar-refractivity contribution in [3.05, 3.63) is 89.0 Å². The van der Waals surface area contributed by atoms with E-state index in [9.17, 15) is 0 Å². The molecule has 0 spiro atoms. The Bertz CT molecular complexity index is 849. The third-order valence-corrected chi connectivity index (χ3v) is 3.84. The molecule has 120 valence electrons. The van der Waals surface area contributed by atoms with Gasteiger partial charge in [-0.3, -0.25) is 0 Å². The minimum atomic E-state index is 0.706. The first-order valence-electron chi connectivity index (χ1n) is 7.61. The molecule has 0 unspecified atom stereocenters. The Morgan fingerprint density at radius 3 is 2.62 bits per heavy atom. The van der Waals surface area contributed by atoms with E-state index in [2.05, 4.69) is 27.3 Å². The van der Waals surface area contributed by atoms with E-state index in [1.807, 2.05) is 60.2 Å². The largest absolute Gasteiger partial charge is 0.326 e. The molecule has 0 saturated carbocycles. The monoisotopic (exact) mass is 336 g/mol. The van der Waals surface area contributed by atoms with E-state index in [1.54, 1.807) is 12.4 Å². The predicted octanol–water partition coefficient (Wildman–Crippen LogP) is 4.43. The lowest BCUT2D eigenvalue weighted by atomic mass is 10.1. The lowest BCUT2D eigenvalue weighted by molar-refractivity contribution is 0.789. The van der Waals surface area contributed by atoms with Gasteiger partial charge in [-0.2, -0.15) is 10.2 Å². The first-order valence-corrected chi connectivity index (χ1v) is 7.99. The van der Waals surface area contributed by atoms with Crippen LogP contribution < -0.4 is 0 Å². The van der Waals surface area contributed by atoms with Gasteiger partial charge in [0.15, 0.2) is 5.82 Å². The molecule has 0 aliphatic rings. The van der Waals surface area contributed by atoms with E-state index in [-0.39, 0.29) is 0 Å². The van der Waals surface area contributed by atoms with Crippen molar-refractivity contribution in [3.63, 3.8) is 0 Å². The molecular formula is C19H17ClN4. The Hall–Kier alpha value is -2.72. The normalized spacial score (nSPS) is 12.0. The minimum Gasteiger partial charge on any atom is -0.326 e. The number of hydrogen-bond acceptors (Lipinski definition) is 3. The number of halogens is 1. The number of hydrogen-bond donors (Lipinski definition) is 0. The van der Waals surface area contributed by atoms with E-state index in [0.29, 0.717) is 5.02 Å². The maximum Gasteiger partial charge on any atom is 0.153 e. The highest BCUT2D eigenvalue weighted by molar-refractivity contribution is 6.30. The smallest absolute Gasteiger partial charge is 0.153 e. The van der Waals surface area contributed by atoms with Gasteiger partial charge >= 0.3 is 0 Å². The van der Waals surface area contributed by atoms with Gasteiger partial charge in [0.2, 0.25) is 0 Å². The summed E-state index contributed by atoms with van der Waals surface area (Å²) in [7, 11) is 0. The average Bonchev–Trinajstić information content (AvgIpc) is 3.03. The van der Waals surface area contributed by atoms with Crippen LogP contribution >= 0.6 is 11.6 Å². The fourth-order valence-corrected chi connectivity index (χ4v) is 2.40. The fourth-order valence-electron chi connectivity index (χ4n) is 2.28. The standard InChI is InChI=1S/C19H17ClN4/c1-15(17-7-9-18(20)10-8-17)23-22-13-19-21-11-12-24(19)14-16-5-3-2-4-6-16/h2-13H,14H2,1H3. The number of aromatic nitrogens is 2. The molecule has 0 fully saturated rings. The summed E-state index contributed by atoms with van der Waals surface area (Å²) in [5, 5.41) is 9.10. The zero-order valence-electron chi connectivity index (χ0n) is 13.3. The maximum absolute atomic E-state index is 5.89. The van der Waals surface area contributed by atoms with Crippen molar-refractivity contribution < 1.29 is 0 Å². The molecule has 1 aromatic heterocycles. The minimum absolute atomic E-state index is 0.706. The quantitative estimate of drug-likeness (QED) is 0.502. The summed E-state index contributed by atoms with van der Waals surface area (Å²) >= 11 is 5.89. The topological polar surface area (TPSA) is 42.5 Å². The lowest BCUT2D eigenvalue weighted by Gasteiger charge is -2.04. The first kappa shape index (κ1) is 16.1. The molecule has 3 rings (SSSR count). The van der Waals surface area contributed by atoms with Gasteiger partial charge in [0, 0.05) is 24.0 Å². The van der Waals surface area contributed by atoms with E-state index in [0.717, 1.165) is 23.6 Å². The molecule has 0 aliphatic carbocycles. The van der Waals surface area contributed by atoms with Crippen LogP contribution in [0.1, 0.15) is 23.9 Å². The van der Waals surface area contributed by atoms with Crippen LogP contribution in [0, 0.1) is 0 Å². The Kier molecular flexibility index (Phi) is 5.18. The second-order valence-electron chi connectivity index (χ2n) is 5.34. The zero-order valence-corrected chi connectivity index (χ0v) is 14.1. The molecule has 0 atom stereocenters. The highest BCUT2D eigenvalue weighted by Gasteiger charge is 2.01. The molecule has 2 aromatic carbocycles. The number of benzene rings is 2. The van der Waals surface area contributed by atoms with Gasteiger partial charge in [-0.05, 0) is 30.2 Å². The van der Waals surface area contributed by atoms with Crippen molar-refractivity contribution in [3.8, 4) is 0 Å². The molecule has 0 bridgehead atoms. The van der Waals surface area contributed by atoms with Gasteiger partial charge < -0.3 is 4.57 Å². The highest BCUT2D eigenvalue weighted by Crippen LogP contribution is 2.10. The van der Waals surface area contributed by atoms with Crippen LogP contribution in [-0.4, -0.2) is 21.5 Å². The third kappa shape index (κ3) is 4.18. The third-order valence-electron chi connectivity index (χ3n) is 3.59. The Morgan fingerprint density at radius 1 is 1.12 bits per heavy atom. The summed E-state index contributed by atoms with van der Waals surface area (Å²) in [6.07, 6.45) is 5.37. The molecule has 0 amide bonds. The van der Waals surface area contributed by atoms with Gasteiger partial charge in [0.1, 0.15) is 0 Å². The molecule has 3 aromatic rings. The van der Waals surface area contributed by atoms with Crippen molar-refractivity contribution in [1.29, 1.82) is 0 Å². The summed E-state index contributed by atoms with van der Waals surface area (Å²) < 4.78 is 2.03. The molecular weight excluding hydrogens is 320 g/mol. The Morgan fingerprint density at radius 2 is 1.88 bits per heavy atom. The molecule has 24 heavy (non-hydrogen) atoms. The van der Waals surface area contributed by atoms with E-state index in [4.69, 9.17) is 11.6 Å². The number of rotatable bonds is 5. The fraction of sp³-hybridized carbons (Fsp3) is 0.105. The second-order valence-corrected chi connectivity index (χ2v) is 5.77. The van der Waals surface area contributed by atoms with E-state index in [1.165, 1.54) is 5.56 Å². The molecule has 4 nitrogen and oxygen atoms in total. The van der Waals surface area contributed by atoms with Gasteiger partial charge in [0.05, 0.1) is 11.9 Å². The highest BCUT2D eigenvalue weighted by atomic mass is 35.5. The lowest BCUT2D eigenvalue weighted by Crippen LogP contribution is -2.03. The number of nitrogens with zero attached hydrogens (tertiary/aromatic N) is 4. The van der Waals surface area contributed by atoms with E-state index < -0.39 is 0 Å². The van der Waals surface area contributed by atoms with Crippen LogP contribution in [0.4, 0.5) is 0 Å². The van der Waals surface area contributed by atoms with Gasteiger partial charge in [-0.15, -0.1) is 0 Å². The molecule has 0 N–H and O–H groups in total. The predicted molar refractivity (Wildman–Crippen MR) is 99.0 cm³/mol. The van der Waals surface area contributed by atoms with Crippen molar-refractivity contribution >= 4 is 23.5 Å². The van der Waals surface area contributed by atoms with Crippen molar-refractivity contribution in [2.24, 2.45) is 10.2 Å². The van der Waals surface area contributed by atoms with Crippen LogP contribution in [-0.2, 0) is 6.54 Å². The summed E-state index contributed by atoms with van der Waals surface area (Å²) in [6.45, 7) is 2.67. The van der Waals surface area contributed by atoms with Crippen LogP contribution in [0.25, 0.3) is 0 Å². The van der Waals surface area contributed by atoms with Gasteiger partial charge in [-0.25, -0.2) is 4.98 Å². The SMILES string of the molecule is CC(=NN=Cc1nccn1Cc1ccccc1)c1ccc(Cl)cc1. The van der Waals surface area contributed by atoms with Crippen LogP contribution in [0.2, 0.25) is 5.02 Å². The Labute approximate surface area is 146 Å². The van der Waals surface area contributed by atoms with Crippen LogP contribution in [0.15, 0.2) is 77.2 Å². The van der Waals surface area contributed by atoms with Crippen LogP contribution in [0.3, 0.4) is 0 Å². The second kappa shape index (κ2) is 7.70. The zero-order chi connectivity index (χ0) is 16.8. The number of imidazole rings is 1. The molecule has 0 radical (unpaired) electrons. The average molecular weight is 337 g/mol. The van der Waals surface area contributed by atoms with Gasteiger partial charge in [0.25, 0.3) is 0 Å². The summed E-state index contributed by atoms with van der Waals surface area (Å²) in [6, 6.07) is 17.8. The summed E-state index contributed by atoms with van der Waals surface area (Å²) in [5.74, 6) is 0.770. The van der Waals surface area contributed by atoms with Gasteiger partial charge in [-0.1, -0.05) is 54.1 Å². The summed E-state index contributed by atoms with van der Waals surface area (Å²) in [5.41, 5.74) is 3.03. The molecule has 1 heterocycles. The first-order chi connectivity index (χ1) is 11.7. The van der Waals surface area contributed by atoms with Crippen LogP contribution in [0.5, 0.6) is 0 Å². The molecule has 0 saturated heterocycles. The van der Waals surface area contributed by atoms with Crippen molar-refractivity contribution in [2.45, 2.75) is 13.5 Å². The van der Waals surface area contributed by atoms with E-state index >= 15 is 0 Å². The maximum atomic E-state index is 5.89. The molecule has 0 aliphatic heterocycles. The van der Waals surface area contributed by atoms with Crippen molar-refractivity contribution in [1.82, 2.24) is 9.55 Å². The molecule has 5 heteroatoms.